The van der Waals surface area contributed by atoms with Crippen molar-refractivity contribution >= 4 is 23.4 Å². The standard InChI is InChI=1S/C18H18N2O6S/c1-25-16-6-5-11(17-19-15(10-27-17)18(21)22)7-12(16)9-26-14-4-2-3-13(8-14)20(23)24/h2-8,15,17,19H,9-10H2,1H3,(H,21,22)/t15-,17-/m1/s1. The first-order chi connectivity index (χ1) is 13.0. The van der Waals surface area contributed by atoms with Crippen LogP contribution in [0.5, 0.6) is 11.5 Å². The Hall–Kier alpha value is -2.78. The molecule has 1 aliphatic rings. The minimum Gasteiger partial charge on any atom is -0.496 e. The Bertz CT molecular complexity index is 859. The number of thioether (sulfide) groups is 1. The van der Waals surface area contributed by atoms with Gasteiger partial charge in [-0.05, 0) is 23.8 Å². The third-order valence-corrected chi connectivity index (χ3v) is 5.38. The smallest absolute Gasteiger partial charge is 0.321 e. The third kappa shape index (κ3) is 4.50. The van der Waals surface area contributed by atoms with Gasteiger partial charge in [-0.3, -0.25) is 20.2 Å². The molecule has 8 nitrogen and oxygen atoms in total. The predicted molar refractivity (Wildman–Crippen MR) is 100 cm³/mol. The second-order valence-corrected chi connectivity index (χ2v) is 7.02. The van der Waals surface area contributed by atoms with Crippen molar-refractivity contribution in [2.24, 2.45) is 0 Å². The van der Waals surface area contributed by atoms with Crippen molar-refractivity contribution in [2.45, 2.75) is 18.0 Å². The molecule has 0 aromatic heterocycles. The minimum atomic E-state index is -0.868. The summed E-state index contributed by atoms with van der Waals surface area (Å²) in [6, 6.07) is 11.0. The highest BCUT2D eigenvalue weighted by Gasteiger charge is 2.30. The van der Waals surface area contributed by atoms with Gasteiger partial charge in [0, 0.05) is 17.4 Å². The van der Waals surface area contributed by atoms with E-state index < -0.39 is 16.9 Å². The van der Waals surface area contributed by atoms with Gasteiger partial charge < -0.3 is 14.6 Å². The molecule has 1 heterocycles. The zero-order valence-electron chi connectivity index (χ0n) is 14.5. The first-order valence-electron chi connectivity index (χ1n) is 8.12. The molecule has 0 amide bonds. The molecule has 0 spiro atoms. The molecule has 2 atom stereocenters. The molecular weight excluding hydrogens is 372 g/mol. The molecule has 9 heteroatoms. The van der Waals surface area contributed by atoms with Crippen LogP contribution in [-0.4, -0.2) is 34.9 Å². The van der Waals surface area contributed by atoms with E-state index in [1.165, 1.54) is 23.9 Å². The number of nitro benzene ring substituents is 1. The maximum Gasteiger partial charge on any atom is 0.321 e. The van der Waals surface area contributed by atoms with Gasteiger partial charge in [0.05, 0.1) is 23.5 Å². The molecule has 27 heavy (non-hydrogen) atoms. The van der Waals surface area contributed by atoms with Gasteiger partial charge in [0.15, 0.2) is 0 Å². The van der Waals surface area contributed by atoms with E-state index in [0.29, 0.717) is 17.3 Å². The highest BCUT2D eigenvalue weighted by molar-refractivity contribution is 7.99. The number of non-ortho nitro benzene ring substituents is 1. The number of methoxy groups -OCH3 is 1. The Balaban J connectivity index is 1.75. The minimum absolute atomic E-state index is 0.0421. The number of carboxylic acid groups (broad SMARTS) is 1. The maximum atomic E-state index is 11.1. The lowest BCUT2D eigenvalue weighted by Crippen LogP contribution is -2.33. The summed E-state index contributed by atoms with van der Waals surface area (Å²) < 4.78 is 11.1. The number of nitrogens with one attached hydrogen (secondary N) is 1. The fourth-order valence-electron chi connectivity index (χ4n) is 2.73. The Kier molecular flexibility index (Phi) is 5.82. The van der Waals surface area contributed by atoms with Crippen molar-refractivity contribution in [2.75, 3.05) is 12.9 Å². The van der Waals surface area contributed by atoms with Crippen LogP contribution < -0.4 is 14.8 Å². The van der Waals surface area contributed by atoms with Crippen LogP contribution in [0.25, 0.3) is 0 Å². The number of nitro groups is 1. The third-order valence-electron chi connectivity index (χ3n) is 4.11. The molecule has 0 aliphatic carbocycles. The van der Waals surface area contributed by atoms with Crippen molar-refractivity contribution < 1.29 is 24.3 Å². The lowest BCUT2D eigenvalue weighted by Gasteiger charge is -2.16. The summed E-state index contributed by atoms with van der Waals surface area (Å²) in [5.41, 5.74) is 1.64. The molecule has 2 N–H and O–H groups in total. The average molecular weight is 390 g/mol. The SMILES string of the molecule is COc1ccc([C@@H]2N[C@@H](C(=O)O)CS2)cc1COc1cccc([N+](=O)[O-])c1. The highest BCUT2D eigenvalue weighted by atomic mass is 32.2. The summed E-state index contributed by atoms with van der Waals surface area (Å²) in [5, 5.41) is 22.9. The number of nitrogens with zero attached hydrogens (tertiary/aromatic N) is 1. The molecule has 2 aromatic rings. The topological polar surface area (TPSA) is 111 Å². The van der Waals surface area contributed by atoms with E-state index >= 15 is 0 Å². The van der Waals surface area contributed by atoms with Crippen molar-refractivity contribution in [3.8, 4) is 11.5 Å². The number of carbonyl (C=O) groups is 1. The molecule has 1 aliphatic heterocycles. The Labute approximate surface area is 159 Å². The summed E-state index contributed by atoms with van der Waals surface area (Å²) in [4.78, 5) is 21.5. The molecule has 0 bridgehead atoms. The van der Waals surface area contributed by atoms with Gasteiger partial charge in [0.25, 0.3) is 5.69 Å². The quantitative estimate of drug-likeness (QED) is 0.548. The van der Waals surface area contributed by atoms with E-state index in [0.717, 1.165) is 11.1 Å². The summed E-state index contributed by atoms with van der Waals surface area (Å²) in [6.45, 7) is 0.165. The highest BCUT2D eigenvalue weighted by Crippen LogP contribution is 2.35. The fraction of sp³-hybridized carbons (Fsp3) is 0.278. The van der Waals surface area contributed by atoms with E-state index in [1.807, 2.05) is 12.1 Å². The number of ether oxygens (including phenoxy) is 2. The molecule has 3 rings (SSSR count). The predicted octanol–water partition coefficient (Wildman–Crippen LogP) is 2.97. The second kappa shape index (κ2) is 8.28. The number of benzene rings is 2. The first kappa shape index (κ1) is 19.0. The number of carboxylic acids is 1. The second-order valence-electron chi connectivity index (χ2n) is 5.89. The Morgan fingerprint density at radius 3 is 2.85 bits per heavy atom. The zero-order chi connectivity index (χ0) is 19.4. The molecule has 0 saturated carbocycles. The summed E-state index contributed by atoms with van der Waals surface area (Å²) >= 11 is 1.53. The first-order valence-corrected chi connectivity index (χ1v) is 9.17. The number of hydrogen-bond acceptors (Lipinski definition) is 7. The molecule has 0 radical (unpaired) electrons. The lowest BCUT2D eigenvalue weighted by atomic mass is 10.1. The molecule has 1 saturated heterocycles. The van der Waals surface area contributed by atoms with Crippen molar-refractivity contribution in [3.05, 3.63) is 63.7 Å². The molecule has 1 fully saturated rings. The molecular formula is C18H18N2O6S. The molecule has 0 unspecified atom stereocenters. The van der Waals surface area contributed by atoms with Gasteiger partial charge in [-0.2, -0.15) is 0 Å². The maximum absolute atomic E-state index is 11.1. The molecule has 2 aromatic carbocycles. The van der Waals surface area contributed by atoms with Crippen LogP contribution in [-0.2, 0) is 11.4 Å². The molecule has 142 valence electrons. The van der Waals surface area contributed by atoms with Gasteiger partial charge >= 0.3 is 5.97 Å². The summed E-state index contributed by atoms with van der Waals surface area (Å²) in [6.07, 6.45) is 0. The van der Waals surface area contributed by atoms with Gasteiger partial charge in [-0.15, -0.1) is 11.8 Å². The number of aliphatic carboxylic acids is 1. The normalized spacial score (nSPS) is 18.9. The van der Waals surface area contributed by atoms with Crippen LogP contribution in [0, 0.1) is 10.1 Å². The van der Waals surface area contributed by atoms with E-state index in [2.05, 4.69) is 5.32 Å². The largest absolute Gasteiger partial charge is 0.496 e. The van der Waals surface area contributed by atoms with E-state index in [1.54, 1.807) is 25.3 Å². The van der Waals surface area contributed by atoms with Gasteiger partial charge in [0.2, 0.25) is 0 Å². The van der Waals surface area contributed by atoms with Gasteiger partial charge in [-0.1, -0.05) is 12.1 Å². The summed E-state index contributed by atoms with van der Waals surface area (Å²) in [7, 11) is 1.55. The van der Waals surface area contributed by atoms with Crippen molar-refractivity contribution in [3.63, 3.8) is 0 Å². The Morgan fingerprint density at radius 2 is 2.19 bits per heavy atom. The van der Waals surface area contributed by atoms with Crippen molar-refractivity contribution in [1.82, 2.24) is 5.32 Å². The van der Waals surface area contributed by atoms with Crippen LogP contribution in [0.2, 0.25) is 0 Å². The van der Waals surface area contributed by atoms with E-state index in [4.69, 9.17) is 14.6 Å². The Morgan fingerprint density at radius 1 is 1.37 bits per heavy atom. The van der Waals surface area contributed by atoms with Crippen molar-refractivity contribution in [1.29, 1.82) is 0 Å². The van der Waals surface area contributed by atoms with Crippen LogP contribution in [0.15, 0.2) is 42.5 Å². The number of rotatable bonds is 7. The van der Waals surface area contributed by atoms with E-state index in [9.17, 15) is 14.9 Å². The van der Waals surface area contributed by atoms with E-state index in [-0.39, 0.29) is 17.7 Å². The van der Waals surface area contributed by atoms with Crippen LogP contribution in [0.1, 0.15) is 16.5 Å². The van der Waals surface area contributed by atoms with Crippen LogP contribution >= 0.6 is 11.8 Å². The number of hydrogen-bond donors (Lipinski definition) is 2. The average Bonchev–Trinajstić information content (AvgIpc) is 3.17. The van der Waals surface area contributed by atoms with Crippen LogP contribution in [0.3, 0.4) is 0 Å². The zero-order valence-corrected chi connectivity index (χ0v) is 15.3. The lowest BCUT2D eigenvalue weighted by molar-refractivity contribution is -0.384. The monoisotopic (exact) mass is 390 g/mol. The van der Waals surface area contributed by atoms with Gasteiger partial charge in [-0.25, -0.2) is 0 Å². The van der Waals surface area contributed by atoms with Gasteiger partial charge in [0.1, 0.15) is 24.1 Å². The summed E-state index contributed by atoms with van der Waals surface area (Å²) in [5.74, 6) is 0.636. The fourth-order valence-corrected chi connectivity index (χ4v) is 3.95. The van der Waals surface area contributed by atoms with Crippen LogP contribution in [0.4, 0.5) is 5.69 Å².